The Morgan fingerprint density at radius 3 is 2.42 bits per heavy atom. The van der Waals surface area contributed by atoms with Crippen molar-refractivity contribution in [1.82, 2.24) is 4.90 Å². The van der Waals surface area contributed by atoms with Crippen molar-refractivity contribution >= 4 is 17.6 Å². The zero-order valence-electron chi connectivity index (χ0n) is 12.4. The Kier molecular flexibility index (Phi) is 4.50. The van der Waals surface area contributed by atoms with E-state index in [2.05, 4.69) is 0 Å². The molecule has 1 aromatic carbocycles. The first-order valence-corrected chi connectivity index (χ1v) is 6.86. The summed E-state index contributed by atoms with van der Waals surface area (Å²) in [7, 11) is 0. The molecule has 1 heterocycles. The highest BCUT2D eigenvalue weighted by Gasteiger charge is 2.53. The summed E-state index contributed by atoms with van der Waals surface area (Å²) in [6, 6.07) is 3.47. The van der Waals surface area contributed by atoms with Crippen molar-refractivity contribution in [1.29, 1.82) is 0 Å². The zero-order valence-corrected chi connectivity index (χ0v) is 12.4. The summed E-state index contributed by atoms with van der Waals surface area (Å²) in [4.78, 5) is 34.3. The highest BCUT2D eigenvalue weighted by Crippen LogP contribution is 2.38. The summed E-state index contributed by atoms with van der Waals surface area (Å²) < 4.78 is 38.9. The number of amides is 1. The number of aryl methyl sites for hydroxylation is 1. The Morgan fingerprint density at radius 2 is 1.96 bits per heavy atom. The number of alkyl halides is 3. The molecule has 0 aromatic heterocycles. The van der Waals surface area contributed by atoms with Gasteiger partial charge in [0.2, 0.25) is 0 Å². The molecule has 1 fully saturated rings. The molecule has 1 aromatic rings. The van der Waals surface area contributed by atoms with Crippen LogP contribution < -0.4 is 0 Å². The third-order valence-corrected chi connectivity index (χ3v) is 4.01. The number of non-ortho nitro benzene ring substituents is 1. The predicted octanol–water partition coefficient (Wildman–Crippen LogP) is 2.24. The van der Waals surface area contributed by atoms with Crippen LogP contribution in [0.15, 0.2) is 18.2 Å². The lowest BCUT2D eigenvalue weighted by molar-refractivity contribution is -0.384. The van der Waals surface area contributed by atoms with Crippen molar-refractivity contribution < 1.29 is 32.8 Å². The van der Waals surface area contributed by atoms with Crippen LogP contribution in [0.2, 0.25) is 0 Å². The average Bonchev–Trinajstić information content (AvgIpc) is 2.92. The number of carbonyl (C=O) groups excluding carboxylic acids is 1. The van der Waals surface area contributed by atoms with E-state index in [0.29, 0.717) is 5.56 Å². The van der Waals surface area contributed by atoms with Crippen LogP contribution in [0.4, 0.5) is 18.9 Å². The van der Waals surface area contributed by atoms with Crippen molar-refractivity contribution in [2.24, 2.45) is 11.8 Å². The van der Waals surface area contributed by atoms with Gasteiger partial charge in [-0.2, -0.15) is 13.2 Å². The highest BCUT2D eigenvalue weighted by atomic mass is 19.4. The molecule has 2 rings (SSSR count). The number of aliphatic carboxylic acids is 1. The van der Waals surface area contributed by atoms with Gasteiger partial charge in [-0.25, -0.2) is 0 Å². The van der Waals surface area contributed by atoms with Crippen LogP contribution in [-0.2, 0) is 4.79 Å². The monoisotopic (exact) mass is 346 g/mol. The van der Waals surface area contributed by atoms with Crippen LogP contribution in [0.5, 0.6) is 0 Å². The number of rotatable bonds is 3. The minimum Gasteiger partial charge on any atom is -0.481 e. The SMILES string of the molecule is Cc1ccc([N+](=O)[O-])cc1C(=O)N1C[C@@H](C(F)(F)F)[C@H](C(=O)O)C1. The number of carboxylic acid groups (broad SMARTS) is 1. The number of carboxylic acids is 1. The van der Waals surface area contributed by atoms with Gasteiger partial charge in [0, 0.05) is 30.8 Å². The number of halogens is 3. The van der Waals surface area contributed by atoms with Crippen molar-refractivity contribution in [3.05, 3.63) is 39.4 Å². The molecule has 7 nitrogen and oxygen atoms in total. The van der Waals surface area contributed by atoms with Crippen molar-refractivity contribution in [3.63, 3.8) is 0 Å². The number of nitro groups is 1. The minimum absolute atomic E-state index is 0.115. The predicted molar refractivity (Wildman–Crippen MR) is 74.4 cm³/mol. The standard InChI is InChI=1S/C14H13F3N2O5/c1-7-2-3-8(19(23)24)4-9(7)12(20)18-5-10(13(21)22)11(6-18)14(15,16)17/h2-4,10-11H,5-6H2,1H3,(H,21,22)/t10-,11-/m1/s1. The van der Waals surface area contributed by atoms with Gasteiger partial charge in [-0.05, 0) is 12.5 Å². The van der Waals surface area contributed by atoms with E-state index in [1.54, 1.807) is 0 Å². The molecule has 2 atom stereocenters. The molecule has 0 unspecified atom stereocenters. The van der Waals surface area contributed by atoms with Gasteiger partial charge in [0.25, 0.3) is 11.6 Å². The maximum Gasteiger partial charge on any atom is 0.394 e. The molecule has 1 amide bonds. The maximum absolute atomic E-state index is 13.0. The molecule has 1 N–H and O–H groups in total. The van der Waals surface area contributed by atoms with E-state index in [-0.39, 0.29) is 11.3 Å². The van der Waals surface area contributed by atoms with E-state index in [0.717, 1.165) is 11.0 Å². The number of carbonyl (C=O) groups is 2. The molecule has 1 aliphatic heterocycles. The van der Waals surface area contributed by atoms with Gasteiger partial charge in [-0.1, -0.05) is 6.07 Å². The van der Waals surface area contributed by atoms with E-state index in [9.17, 15) is 32.9 Å². The molecule has 0 radical (unpaired) electrons. The molecule has 130 valence electrons. The van der Waals surface area contributed by atoms with E-state index >= 15 is 0 Å². The third kappa shape index (κ3) is 3.31. The lowest BCUT2D eigenvalue weighted by Crippen LogP contribution is -2.34. The summed E-state index contributed by atoms with van der Waals surface area (Å²) in [6.07, 6.45) is -4.75. The molecular weight excluding hydrogens is 333 g/mol. The quantitative estimate of drug-likeness (QED) is 0.668. The normalized spacial score (nSPS) is 20.9. The summed E-state index contributed by atoms with van der Waals surface area (Å²) in [5.41, 5.74) is -0.130. The largest absolute Gasteiger partial charge is 0.481 e. The molecular formula is C14H13F3N2O5. The maximum atomic E-state index is 13.0. The lowest BCUT2D eigenvalue weighted by atomic mass is 9.96. The Labute approximate surface area is 133 Å². The second-order valence-corrected chi connectivity index (χ2v) is 5.56. The molecule has 0 aliphatic carbocycles. The fourth-order valence-corrected chi connectivity index (χ4v) is 2.68. The van der Waals surface area contributed by atoms with Gasteiger partial charge in [0.1, 0.15) is 0 Å². The van der Waals surface area contributed by atoms with Gasteiger partial charge >= 0.3 is 12.1 Å². The van der Waals surface area contributed by atoms with E-state index < -0.39 is 47.9 Å². The molecule has 0 saturated carbocycles. The molecule has 1 aliphatic rings. The van der Waals surface area contributed by atoms with Crippen LogP contribution in [0, 0.1) is 28.9 Å². The number of hydrogen-bond acceptors (Lipinski definition) is 4. The minimum atomic E-state index is -4.75. The smallest absolute Gasteiger partial charge is 0.394 e. The summed E-state index contributed by atoms with van der Waals surface area (Å²) in [6.45, 7) is 0.102. The Morgan fingerprint density at radius 1 is 1.33 bits per heavy atom. The van der Waals surface area contributed by atoms with E-state index in [1.165, 1.54) is 19.1 Å². The topological polar surface area (TPSA) is 101 Å². The van der Waals surface area contributed by atoms with Crippen LogP contribution in [0.3, 0.4) is 0 Å². The van der Waals surface area contributed by atoms with Crippen LogP contribution in [0.25, 0.3) is 0 Å². The highest BCUT2D eigenvalue weighted by molar-refractivity contribution is 5.96. The van der Waals surface area contributed by atoms with E-state index in [1.807, 2.05) is 0 Å². The van der Waals surface area contributed by atoms with Crippen LogP contribution >= 0.6 is 0 Å². The third-order valence-electron chi connectivity index (χ3n) is 4.01. The molecule has 0 bridgehead atoms. The van der Waals surface area contributed by atoms with Gasteiger partial charge < -0.3 is 10.0 Å². The fourth-order valence-electron chi connectivity index (χ4n) is 2.68. The van der Waals surface area contributed by atoms with E-state index in [4.69, 9.17) is 5.11 Å². The number of nitrogens with zero attached hydrogens (tertiary/aromatic N) is 2. The number of hydrogen-bond donors (Lipinski definition) is 1. The van der Waals surface area contributed by atoms with Crippen LogP contribution in [0.1, 0.15) is 15.9 Å². The first kappa shape index (κ1) is 17.7. The first-order valence-electron chi connectivity index (χ1n) is 6.86. The van der Waals surface area contributed by atoms with Gasteiger partial charge in [-0.15, -0.1) is 0 Å². The van der Waals surface area contributed by atoms with Gasteiger partial charge in [-0.3, -0.25) is 19.7 Å². The summed E-state index contributed by atoms with van der Waals surface area (Å²) in [5, 5.41) is 19.7. The second kappa shape index (κ2) is 6.10. The number of likely N-dealkylation sites (tertiary alicyclic amines) is 1. The summed E-state index contributed by atoms with van der Waals surface area (Å²) >= 11 is 0. The Balaban J connectivity index is 2.33. The lowest BCUT2D eigenvalue weighted by Gasteiger charge is -2.19. The van der Waals surface area contributed by atoms with Crippen LogP contribution in [-0.4, -0.2) is 46.1 Å². The van der Waals surface area contributed by atoms with Crippen molar-refractivity contribution in [2.45, 2.75) is 13.1 Å². The summed E-state index contributed by atoms with van der Waals surface area (Å²) in [5.74, 6) is -6.41. The molecule has 24 heavy (non-hydrogen) atoms. The van der Waals surface area contributed by atoms with Crippen molar-refractivity contribution in [2.75, 3.05) is 13.1 Å². The molecule has 10 heteroatoms. The first-order chi connectivity index (χ1) is 11.0. The molecule has 0 spiro atoms. The second-order valence-electron chi connectivity index (χ2n) is 5.56. The number of nitro benzene ring substituents is 1. The zero-order chi connectivity index (χ0) is 18.2. The Bertz CT molecular complexity index is 704. The molecule has 1 saturated heterocycles. The van der Waals surface area contributed by atoms with Gasteiger partial charge in [0.15, 0.2) is 0 Å². The average molecular weight is 346 g/mol. The fraction of sp³-hybridized carbons (Fsp3) is 0.429. The van der Waals surface area contributed by atoms with Crippen molar-refractivity contribution in [3.8, 4) is 0 Å². The number of benzene rings is 1. The van der Waals surface area contributed by atoms with Gasteiger partial charge in [0.05, 0.1) is 16.8 Å². The Hall–Kier alpha value is -2.65.